The number of halogens is 4. The molecule has 0 unspecified atom stereocenters. The fraction of sp³-hybridized carbons (Fsp3) is 0.233. The summed E-state index contributed by atoms with van der Waals surface area (Å²) in [6, 6.07) is 12.4. The summed E-state index contributed by atoms with van der Waals surface area (Å²) < 4.78 is 37.1. The van der Waals surface area contributed by atoms with E-state index >= 15 is 0 Å². The Balaban J connectivity index is 1.28. The number of amides is 1. The van der Waals surface area contributed by atoms with Gasteiger partial charge in [0.25, 0.3) is 5.22 Å². The van der Waals surface area contributed by atoms with Crippen LogP contribution in [0.15, 0.2) is 64.5 Å². The van der Waals surface area contributed by atoms with Crippen LogP contribution in [0.4, 0.5) is 20.3 Å². The molecule has 3 aromatic heterocycles. The van der Waals surface area contributed by atoms with Gasteiger partial charge in [0.2, 0.25) is 11.8 Å². The molecule has 0 radical (unpaired) electrons. The Morgan fingerprint density at radius 2 is 1.87 bits per heavy atom. The van der Waals surface area contributed by atoms with Crippen LogP contribution in [0.1, 0.15) is 18.5 Å². The topological polar surface area (TPSA) is 127 Å². The number of pyridine rings is 1. The van der Waals surface area contributed by atoms with Gasteiger partial charge in [-0.05, 0) is 18.7 Å². The van der Waals surface area contributed by atoms with Crippen molar-refractivity contribution in [3.63, 3.8) is 0 Å². The second kappa shape index (κ2) is 13.5. The first-order valence-corrected chi connectivity index (χ1v) is 15.7. The molecule has 1 atom stereocenters. The molecule has 232 valence electrons. The van der Waals surface area contributed by atoms with Crippen molar-refractivity contribution in [2.75, 3.05) is 18.1 Å². The van der Waals surface area contributed by atoms with Gasteiger partial charge in [-0.1, -0.05) is 65.3 Å². The minimum atomic E-state index is -3.11. The number of alkyl halides is 2. The van der Waals surface area contributed by atoms with E-state index in [9.17, 15) is 13.6 Å². The minimum absolute atomic E-state index is 0.0120. The van der Waals surface area contributed by atoms with Crippen LogP contribution in [0.3, 0.4) is 0 Å². The van der Waals surface area contributed by atoms with Gasteiger partial charge >= 0.3 is 6.61 Å². The lowest BCUT2D eigenvalue weighted by molar-refractivity contribution is -0.119. The highest BCUT2D eigenvalue weighted by Crippen LogP contribution is 2.42. The molecule has 15 heteroatoms. The number of fused-ring (bicyclic) bond motifs is 1. The Labute approximate surface area is 270 Å². The Bertz CT molecular complexity index is 1880. The number of oxazole rings is 1. The number of carbonyl (C=O) groups excluding carboxylic acids is 1. The lowest BCUT2D eigenvalue weighted by atomic mass is 10.0. The fourth-order valence-electron chi connectivity index (χ4n) is 4.94. The molecule has 4 heterocycles. The van der Waals surface area contributed by atoms with Crippen LogP contribution < -0.4 is 20.7 Å². The number of aromatic nitrogens is 4. The quantitative estimate of drug-likeness (QED) is 0.125. The zero-order valence-electron chi connectivity index (χ0n) is 23.6. The molecule has 0 saturated carbocycles. The number of hydrogen-bond acceptors (Lipinski definition) is 10. The molecule has 3 N–H and O–H groups in total. The van der Waals surface area contributed by atoms with Crippen LogP contribution in [-0.4, -0.2) is 51.3 Å². The van der Waals surface area contributed by atoms with Gasteiger partial charge in [-0.2, -0.15) is 13.8 Å². The van der Waals surface area contributed by atoms with Crippen molar-refractivity contribution in [3.8, 4) is 28.3 Å². The zero-order chi connectivity index (χ0) is 31.5. The summed E-state index contributed by atoms with van der Waals surface area (Å²) in [5, 5.41) is 10.4. The minimum Gasteiger partial charge on any atom is -0.431 e. The monoisotopic (exact) mass is 671 g/mol. The summed E-state index contributed by atoms with van der Waals surface area (Å²) in [5.41, 5.74) is 3.78. The van der Waals surface area contributed by atoms with E-state index in [-0.39, 0.29) is 40.8 Å². The van der Waals surface area contributed by atoms with Gasteiger partial charge in [-0.3, -0.25) is 9.78 Å². The number of ether oxygens (including phenoxy) is 1. The average Bonchev–Trinajstić information content (AvgIpc) is 3.65. The van der Waals surface area contributed by atoms with E-state index in [1.54, 1.807) is 36.5 Å². The van der Waals surface area contributed by atoms with Crippen molar-refractivity contribution in [1.82, 2.24) is 30.6 Å². The van der Waals surface area contributed by atoms with E-state index in [4.69, 9.17) is 32.4 Å². The number of nitrogens with one attached hydrogen (secondary N) is 3. The summed E-state index contributed by atoms with van der Waals surface area (Å²) in [6.07, 6.45) is 6.09. The van der Waals surface area contributed by atoms with Crippen LogP contribution in [0.5, 0.6) is 5.88 Å². The first-order chi connectivity index (χ1) is 21.8. The van der Waals surface area contributed by atoms with Gasteiger partial charge in [0.1, 0.15) is 5.69 Å². The predicted octanol–water partition coefficient (Wildman–Crippen LogP) is 7.09. The van der Waals surface area contributed by atoms with Crippen LogP contribution in [0.25, 0.3) is 33.5 Å². The van der Waals surface area contributed by atoms with Gasteiger partial charge in [-0.25, -0.2) is 9.97 Å². The van der Waals surface area contributed by atoms with E-state index in [1.165, 1.54) is 18.0 Å². The Morgan fingerprint density at radius 1 is 1.09 bits per heavy atom. The highest BCUT2D eigenvalue weighted by Gasteiger charge is 2.22. The number of hydrogen-bond donors (Lipinski definition) is 3. The van der Waals surface area contributed by atoms with E-state index in [1.807, 2.05) is 18.4 Å². The van der Waals surface area contributed by atoms with Crippen molar-refractivity contribution >= 4 is 63.5 Å². The van der Waals surface area contributed by atoms with Gasteiger partial charge in [0.15, 0.2) is 16.9 Å². The summed E-state index contributed by atoms with van der Waals surface area (Å²) in [5.74, 6) is 0.136. The third kappa shape index (κ3) is 6.81. The molecule has 0 bridgehead atoms. The maximum Gasteiger partial charge on any atom is 0.388 e. The molecular formula is C30H25Cl2F2N7O3S. The Hall–Kier alpha value is -4.04. The molecule has 0 spiro atoms. The molecule has 1 saturated heterocycles. The van der Waals surface area contributed by atoms with Crippen LogP contribution in [0.2, 0.25) is 10.0 Å². The third-order valence-electron chi connectivity index (χ3n) is 7.06. The molecule has 1 aliphatic rings. The highest BCUT2D eigenvalue weighted by atomic mass is 35.5. The maximum atomic E-state index is 13.3. The first kappa shape index (κ1) is 31.0. The van der Waals surface area contributed by atoms with Crippen LogP contribution in [-0.2, 0) is 11.3 Å². The van der Waals surface area contributed by atoms with E-state index in [2.05, 4.69) is 35.9 Å². The second-order valence-corrected chi connectivity index (χ2v) is 11.5. The van der Waals surface area contributed by atoms with Gasteiger partial charge in [0.05, 0.1) is 27.6 Å². The normalized spacial score (nSPS) is 14.7. The van der Waals surface area contributed by atoms with E-state index in [0.29, 0.717) is 68.9 Å². The summed E-state index contributed by atoms with van der Waals surface area (Å²) in [7, 11) is 0. The Morgan fingerprint density at radius 3 is 2.62 bits per heavy atom. The van der Waals surface area contributed by atoms with Gasteiger partial charge < -0.3 is 25.1 Å². The second-order valence-electron chi connectivity index (χ2n) is 9.97. The van der Waals surface area contributed by atoms with E-state index in [0.717, 1.165) is 0 Å². The highest BCUT2D eigenvalue weighted by molar-refractivity contribution is 7.98. The van der Waals surface area contributed by atoms with Crippen LogP contribution in [0, 0.1) is 0 Å². The van der Waals surface area contributed by atoms with Crippen LogP contribution >= 0.6 is 35.0 Å². The molecule has 1 fully saturated rings. The molecular weight excluding hydrogens is 647 g/mol. The van der Waals surface area contributed by atoms with Crippen molar-refractivity contribution in [2.45, 2.75) is 37.3 Å². The van der Waals surface area contributed by atoms with Gasteiger partial charge in [0, 0.05) is 54.5 Å². The molecule has 5 aromatic rings. The summed E-state index contributed by atoms with van der Waals surface area (Å²) in [6.45, 7) is -2.54. The standard InChI is InChI=1S/C30H25Cl2F2N7O3S/c1-45-30-41-26-22(43-30)10-11-36-27(26)39-19-7-3-5-17(25(19)32)16-4-2-6-18(24(16)31)20-14-37-21(28(40-20)44-29(33)34)13-35-12-15-8-9-23(42)38-15/h2-7,10-11,14-15,29,35H,8-9,12-13H2,1H3,(H,36,39)(H,38,42)/t15-/m0/s1. The number of benzene rings is 2. The van der Waals surface area contributed by atoms with E-state index < -0.39 is 6.61 Å². The summed E-state index contributed by atoms with van der Waals surface area (Å²) in [4.78, 5) is 29.0. The maximum absolute atomic E-state index is 13.3. The lowest BCUT2D eigenvalue weighted by Crippen LogP contribution is -2.35. The smallest absolute Gasteiger partial charge is 0.388 e. The van der Waals surface area contributed by atoms with Crippen molar-refractivity contribution in [3.05, 3.63) is 70.6 Å². The number of carbonyl (C=O) groups is 1. The first-order valence-electron chi connectivity index (χ1n) is 13.8. The molecule has 1 aliphatic heterocycles. The number of rotatable bonds is 11. The molecule has 0 aliphatic carbocycles. The third-order valence-corrected chi connectivity index (χ3v) is 8.40. The van der Waals surface area contributed by atoms with Crippen molar-refractivity contribution in [1.29, 1.82) is 0 Å². The van der Waals surface area contributed by atoms with Gasteiger partial charge in [-0.15, -0.1) is 0 Å². The van der Waals surface area contributed by atoms with Crippen molar-refractivity contribution in [2.24, 2.45) is 0 Å². The molecule has 1 amide bonds. The number of anilines is 2. The molecule has 10 nitrogen and oxygen atoms in total. The lowest BCUT2D eigenvalue weighted by Gasteiger charge is -2.16. The average molecular weight is 673 g/mol. The largest absolute Gasteiger partial charge is 0.431 e. The Kier molecular flexibility index (Phi) is 9.31. The molecule has 2 aromatic carbocycles. The van der Waals surface area contributed by atoms with Crippen molar-refractivity contribution < 1.29 is 22.7 Å². The molecule has 45 heavy (non-hydrogen) atoms. The zero-order valence-corrected chi connectivity index (χ0v) is 25.9. The fourth-order valence-corrected chi connectivity index (χ4v) is 5.89. The number of nitrogens with zero attached hydrogens (tertiary/aromatic N) is 4. The molecule has 6 rings (SSSR count). The predicted molar refractivity (Wildman–Crippen MR) is 169 cm³/mol. The SMILES string of the molecule is CSc1nc2c(Nc3cccc(-c4cccc(-c5cnc(CNC[C@@H]6CCC(=O)N6)c(OC(F)F)n5)c4Cl)c3Cl)nccc2o1. The number of thioether (sulfide) groups is 1. The summed E-state index contributed by atoms with van der Waals surface area (Å²) >= 11 is 15.2.